The van der Waals surface area contributed by atoms with E-state index in [2.05, 4.69) is 232 Å². The van der Waals surface area contributed by atoms with Crippen molar-refractivity contribution in [2.75, 3.05) is 14.1 Å². The van der Waals surface area contributed by atoms with Crippen molar-refractivity contribution in [1.29, 1.82) is 0 Å². The van der Waals surface area contributed by atoms with Crippen LogP contribution in [0.15, 0.2) is 52.7 Å². The van der Waals surface area contributed by atoms with Crippen molar-refractivity contribution in [3.8, 4) is 0 Å². The molecule has 0 saturated carbocycles. The molecule has 2 atom stereocenters. The molecule has 29 heteroatoms. The van der Waals surface area contributed by atoms with Gasteiger partial charge in [-0.2, -0.15) is 0 Å². The molecule has 0 aliphatic carbocycles. The van der Waals surface area contributed by atoms with Gasteiger partial charge in [0.2, 0.25) is 0 Å². The maximum absolute atomic E-state index is 6.51. The third-order valence-corrected chi connectivity index (χ3v) is 67.0. The third-order valence-electron chi connectivity index (χ3n) is 11.7. The second-order valence-corrected chi connectivity index (χ2v) is 91.2. The molecule has 0 aromatic carbocycles. The molecule has 1 heterocycles. The average Bonchev–Trinajstić information content (AvgIpc) is 3.19. The summed E-state index contributed by atoms with van der Waals surface area (Å²) in [5.74, 6) is 0. The van der Waals surface area contributed by atoms with Gasteiger partial charge in [0.1, 0.15) is 0 Å². The molecule has 1 aromatic rings. The van der Waals surface area contributed by atoms with Crippen molar-refractivity contribution in [2.24, 2.45) is 9.98 Å². The molecule has 0 saturated heterocycles. The van der Waals surface area contributed by atoms with E-state index in [1.165, 1.54) is 65.1 Å². The summed E-state index contributed by atoms with van der Waals surface area (Å²) in [6.07, 6.45) is 0. The molecule has 0 amide bonds. The van der Waals surface area contributed by atoms with E-state index in [4.69, 9.17) is 32.9 Å². The first-order valence-electron chi connectivity index (χ1n) is 29.7. The second-order valence-electron chi connectivity index (χ2n) is 29.6. The normalized spacial score (nSPS) is 14.5. The molecule has 0 spiro atoms. The largest absolute Gasteiger partial charge is 0.439 e. The van der Waals surface area contributed by atoms with Crippen LogP contribution in [0, 0.1) is 6.55 Å². The Labute approximate surface area is 542 Å². The quantitative estimate of drug-likeness (QED) is 0.0508. The van der Waals surface area contributed by atoms with Crippen LogP contribution in [0.5, 0.6) is 0 Å². The van der Waals surface area contributed by atoms with Gasteiger partial charge in [-0.15, -0.1) is 21.2 Å². The standard InChI is InChI=1S/C11H15N3.2C10H32O2Si5.C10H24O2Si3.C7H22O2Si3.C4H11Si.Co/c1-8(12-3)10-6-5-7-11(14-10)9(2)13-4;1-15(2,9-7-13)11-17(5,6)12-16(3,4)10-8-14;1-9(13)15(3,4)11-17(7,8)12-16(5,6)10(2)14;1-9-13(3,4)11-15(7,8)12-14(5,6)10-2;1-10(8-11(2,3)4)9-12(5,6)7;1-5(2,3)4;/h5-7H,1-4H3;7-10H2,1-6,13-14H3;9-10H,1-8,13-14H3;9-10H,1-2H2,3-8H3;10H,1-7H3;1H2,2-4H3;/q;;;;;-1;. The van der Waals surface area contributed by atoms with Crippen molar-refractivity contribution in [3.63, 3.8) is 0 Å². The summed E-state index contributed by atoms with van der Waals surface area (Å²) in [5, 5.41) is 1.58. The Morgan fingerprint density at radius 3 is 1.00 bits per heavy atom. The zero-order valence-electron chi connectivity index (χ0n) is 60.5. The Morgan fingerprint density at radius 1 is 0.543 bits per heavy atom. The van der Waals surface area contributed by atoms with E-state index >= 15 is 0 Å². The van der Waals surface area contributed by atoms with Gasteiger partial charge in [-0.1, -0.05) is 63.0 Å². The summed E-state index contributed by atoms with van der Waals surface area (Å²) in [5.41, 5.74) is 7.61. The van der Waals surface area contributed by atoms with Crippen LogP contribution in [0.1, 0.15) is 39.1 Å². The van der Waals surface area contributed by atoms with Crippen molar-refractivity contribution in [2.45, 2.75) is 246 Å². The van der Waals surface area contributed by atoms with Gasteiger partial charge in [0, 0.05) is 71.8 Å². The summed E-state index contributed by atoms with van der Waals surface area (Å²) in [6, 6.07) is 11.2. The van der Waals surface area contributed by atoms with E-state index < -0.39 is 110 Å². The van der Waals surface area contributed by atoms with Crippen LogP contribution >= 0.6 is 0 Å². The number of nitrogens with zero attached hydrogens (tertiary/aromatic N) is 3. The molecular weight excluding hydrogens is 1330 g/mol. The molecule has 0 aliphatic heterocycles. The van der Waals surface area contributed by atoms with Crippen molar-refractivity contribution >= 4 is 162 Å². The summed E-state index contributed by atoms with van der Waals surface area (Å²) >= 11 is 0. The smallest absolute Gasteiger partial charge is 0.311 e. The van der Waals surface area contributed by atoms with Crippen LogP contribution in [-0.2, 0) is 49.7 Å². The predicted molar refractivity (Wildman–Crippen MR) is 413 cm³/mol. The molecule has 11 nitrogen and oxygen atoms in total. The van der Waals surface area contributed by atoms with Gasteiger partial charge in [0.05, 0.1) is 22.8 Å². The van der Waals surface area contributed by atoms with Crippen LogP contribution in [0.3, 0.4) is 0 Å². The Hall–Kier alpha value is 1.84. The average molecular weight is 1470 g/mol. The summed E-state index contributed by atoms with van der Waals surface area (Å²) < 4.78 is 50.1. The first-order chi connectivity index (χ1) is 35.2. The molecule has 81 heavy (non-hydrogen) atoms. The minimum Gasteiger partial charge on any atom is -0.439 e. The number of aliphatic imine (C=N–C) groups is 2. The summed E-state index contributed by atoms with van der Waals surface area (Å²) in [6.45, 7) is 82.7. The van der Waals surface area contributed by atoms with E-state index in [0.717, 1.165) is 33.1 Å². The van der Waals surface area contributed by atoms with Gasteiger partial charge in [-0.25, -0.2) is 4.98 Å². The predicted octanol–water partition coefficient (Wildman–Crippen LogP) is 13.0. The molecule has 0 N–H and O–H groups in total. The monoisotopic (exact) mass is 1470 g/mol. The number of aromatic nitrogens is 1. The molecule has 485 valence electrons. The van der Waals surface area contributed by atoms with Crippen molar-refractivity contribution in [1.82, 2.24) is 4.98 Å². The Morgan fingerprint density at radius 2 is 0.790 bits per heavy atom. The van der Waals surface area contributed by atoms with Crippen LogP contribution < -0.4 is 0 Å². The first kappa shape index (κ1) is 94.0. The number of hydrogen-bond acceptors (Lipinski definition) is 11. The topological polar surface area (TPSA) is 111 Å². The van der Waals surface area contributed by atoms with Gasteiger partial charge < -0.3 is 39.5 Å². The van der Waals surface area contributed by atoms with Gasteiger partial charge in [0.15, 0.2) is 66.5 Å². The molecule has 0 bridgehead atoms. The Bertz CT molecular complexity index is 1830. The van der Waals surface area contributed by atoms with Crippen LogP contribution in [0.25, 0.3) is 0 Å². The second kappa shape index (κ2) is 40.6. The fraction of sp³-hybridized carbons (Fsp3) is 0.769. The minimum atomic E-state index is -2.04. The van der Waals surface area contributed by atoms with Gasteiger partial charge >= 0.3 is 25.7 Å². The SMILES string of the molecule is C=C[Si](C)(C)O[Si](C)(C)O[Si](C)(C)C=C.CC([SiH3])[Si](C)(C)O[Si](C)(C)O[Si](C)(C)C(C)[SiH3].CN=C(C)c1cccc(C(C)=NC)n1.C[SiH](O[Si](C)(C)C)O[Si](C)(C)C.C[Si](C)(CC[SiH3])O[Si](C)(C)O[Si](C)(C)CC[SiH3].[CH2-][Si](C)(C)C.[Co]. The van der Waals surface area contributed by atoms with E-state index in [0.29, 0.717) is 0 Å². The zero-order chi connectivity index (χ0) is 65.2. The first-order valence-corrected chi connectivity index (χ1v) is 74.1. The van der Waals surface area contributed by atoms with Crippen molar-refractivity contribution in [3.05, 3.63) is 60.7 Å². The van der Waals surface area contributed by atoms with E-state index in [-0.39, 0.29) is 16.8 Å². The van der Waals surface area contributed by atoms with E-state index in [1.807, 2.05) is 43.4 Å². The van der Waals surface area contributed by atoms with Gasteiger partial charge in [0.25, 0.3) is 9.28 Å². The third kappa shape index (κ3) is 56.8. The van der Waals surface area contributed by atoms with Gasteiger partial charge in [-0.05, 0) is 212 Å². The minimum absolute atomic E-state index is 0. The summed E-state index contributed by atoms with van der Waals surface area (Å²) in [7, 11) is -11.6. The van der Waals surface area contributed by atoms with Gasteiger partial charge in [-0.3, -0.25) is 9.98 Å². The maximum atomic E-state index is 6.51. The number of hydrogen-bond donors (Lipinski definition) is 0. The molecular formula is C52H136CoN3O8Si17-. The fourth-order valence-corrected chi connectivity index (χ4v) is 63.9. The molecule has 1 rings (SSSR count). The van der Waals surface area contributed by atoms with Crippen LogP contribution in [-0.4, -0.2) is 181 Å². The summed E-state index contributed by atoms with van der Waals surface area (Å²) in [4.78, 5) is 12.7. The van der Waals surface area contributed by atoms with E-state index in [9.17, 15) is 0 Å². The molecule has 0 aliphatic rings. The number of rotatable bonds is 26. The molecule has 1 aromatic heterocycles. The maximum Gasteiger partial charge on any atom is 0.311 e. The molecule has 0 fully saturated rings. The van der Waals surface area contributed by atoms with Crippen LogP contribution in [0.4, 0.5) is 0 Å². The Balaban J connectivity index is -0.000000212. The Kier molecular flexibility index (Phi) is 47.1. The fourth-order valence-electron chi connectivity index (χ4n) is 7.64. The zero-order valence-corrected chi connectivity index (χ0v) is 82.7. The van der Waals surface area contributed by atoms with Crippen molar-refractivity contribution < 1.29 is 49.7 Å². The number of pyridine rings is 1. The molecule has 2 unspecified atom stereocenters. The van der Waals surface area contributed by atoms with Crippen LogP contribution in [0.2, 0.25) is 218 Å². The molecule has 1 radical (unpaired) electrons. The van der Waals surface area contributed by atoms with E-state index in [1.54, 1.807) is 14.1 Å².